The molecule has 0 fully saturated rings. The first-order valence-corrected chi connectivity index (χ1v) is 8.98. The molecule has 140 valence electrons. The van der Waals surface area contributed by atoms with Crippen molar-refractivity contribution in [3.8, 4) is 0 Å². The molecule has 0 atom stereocenters. The van der Waals surface area contributed by atoms with Gasteiger partial charge in [0.25, 0.3) is 0 Å². The molecule has 0 aliphatic heterocycles. The van der Waals surface area contributed by atoms with Crippen LogP contribution in [0.1, 0.15) is 40.6 Å². The molecule has 2 rings (SSSR count). The normalized spacial score (nSPS) is 10.8. The number of aromatic nitrogens is 3. The first-order chi connectivity index (χ1) is 12.2. The predicted molar refractivity (Wildman–Crippen MR) is 98.6 cm³/mol. The third kappa shape index (κ3) is 4.98. The Morgan fingerprint density at radius 2 is 1.96 bits per heavy atom. The van der Waals surface area contributed by atoms with Gasteiger partial charge in [-0.25, -0.2) is 14.6 Å². The van der Waals surface area contributed by atoms with Gasteiger partial charge in [0.2, 0.25) is 5.91 Å². The molecule has 0 aromatic carbocycles. The van der Waals surface area contributed by atoms with Gasteiger partial charge in [-0.05, 0) is 32.8 Å². The van der Waals surface area contributed by atoms with Crippen LogP contribution in [0.4, 0.5) is 5.13 Å². The smallest absolute Gasteiger partial charge is 0.350 e. The Bertz CT molecular complexity index is 885. The molecule has 0 bridgehead atoms. The summed E-state index contributed by atoms with van der Waals surface area (Å²) in [7, 11) is 0. The Balaban J connectivity index is 2.07. The fourth-order valence-electron chi connectivity index (χ4n) is 2.22. The lowest BCUT2D eigenvalue weighted by Crippen LogP contribution is -2.31. The maximum absolute atomic E-state index is 12.2. The van der Waals surface area contributed by atoms with Crippen molar-refractivity contribution in [2.24, 2.45) is 5.92 Å². The number of carbonyl (C=O) groups excluding carboxylic acids is 2. The van der Waals surface area contributed by atoms with Crippen molar-refractivity contribution in [2.45, 2.75) is 41.2 Å². The Morgan fingerprint density at radius 3 is 2.58 bits per heavy atom. The SMILES string of the molecule is Cc1cc(C)n(CC(=O)Nc2nc(C)c(C(=O)OCC(C)C)s2)c(=O)n1. The summed E-state index contributed by atoms with van der Waals surface area (Å²) < 4.78 is 6.47. The van der Waals surface area contributed by atoms with E-state index in [9.17, 15) is 14.4 Å². The van der Waals surface area contributed by atoms with E-state index in [1.54, 1.807) is 26.8 Å². The fraction of sp³-hybridized carbons (Fsp3) is 0.471. The quantitative estimate of drug-likeness (QED) is 0.772. The topological polar surface area (TPSA) is 103 Å². The molecule has 8 nitrogen and oxygen atoms in total. The van der Waals surface area contributed by atoms with Crippen LogP contribution in [0.25, 0.3) is 0 Å². The van der Waals surface area contributed by atoms with Gasteiger partial charge in [0.05, 0.1) is 12.3 Å². The van der Waals surface area contributed by atoms with Gasteiger partial charge in [-0.3, -0.25) is 9.36 Å². The van der Waals surface area contributed by atoms with Gasteiger partial charge < -0.3 is 10.1 Å². The maximum atomic E-state index is 12.2. The molecule has 2 aromatic heterocycles. The van der Waals surface area contributed by atoms with Crippen LogP contribution in [-0.2, 0) is 16.1 Å². The highest BCUT2D eigenvalue weighted by Crippen LogP contribution is 2.23. The van der Waals surface area contributed by atoms with Crippen LogP contribution >= 0.6 is 11.3 Å². The number of aryl methyl sites for hydroxylation is 3. The summed E-state index contributed by atoms with van der Waals surface area (Å²) in [5.74, 6) is -0.642. The van der Waals surface area contributed by atoms with E-state index in [4.69, 9.17) is 4.74 Å². The zero-order chi connectivity index (χ0) is 19.4. The van der Waals surface area contributed by atoms with Crippen LogP contribution in [0, 0.1) is 26.7 Å². The van der Waals surface area contributed by atoms with E-state index in [1.165, 1.54) is 4.57 Å². The van der Waals surface area contributed by atoms with Gasteiger partial charge >= 0.3 is 11.7 Å². The van der Waals surface area contributed by atoms with E-state index in [0.717, 1.165) is 11.3 Å². The van der Waals surface area contributed by atoms with Gasteiger partial charge in [0, 0.05) is 11.4 Å². The molecular formula is C17H22N4O4S. The first kappa shape index (κ1) is 19.8. The Labute approximate surface area is 155 Å². The first-order valence-electron chi connectivity index (χ1n) is 8.17. The van der Waals surface area contributed by atoms with E-state index in [1.807, 2.05) is 13.8 Å². The summed E-state index contributed by atoms with van der Waals surface area (Å²) in [6.07, 6.45) is 0. The van der Waals surface area contributed by atoms with E-state index < -0.39 is 17.6 Å². The minimum absolute atomic E-state index is 0.177. The number of ether oxygens (including phenoxy) is 1. The molecule has 0 aliphatic carbocycles. The highest BCUT2D eigenvalue weighted by atomic mass is 32.1. The van der Waals surface area contributed by atoms with Crippen molar-refractivity contribution in [1.82, 2.24) is 14.5 Å². The summed E-state index contributed by atoms with van der Waals surface area (Å²) in [5, 5.41) is 2.90. The van der Waals surface area contributed by atoms with Crippen molar-refractivity contribution < 1.29 is 14.3 Å². The fourth-order valence-corrected chi connectivity index (χ4v) is 3.09. The molecule has 1 N–H and O–H groups in total. The number of rotatable bonds is 6. The van der Waals surface area contributed by atoms with Crippen molar-refractivity contribution >= 4 is 28.3 Å². The van der Waals surface area contributed by atoms with Gasteiger partial charge in [-0.15, -0.1) is 0 Å². The van der Waals surface area contributed by atoms with Crippen molar-refractivity contribution in [1.29, 1.82) is 0 Å². The number of hydrogen-bond acceptors (Lipinski definition) is 7. The summed E-state index contributed by atoms with van der Waals surface area (Å²) in [6.45, 7) is 9.17. The highest BCUT2D eigenvalue weighted by molar-refractivity contribution is 7.17. The number of amides is 1. The summed E-state index contributed by atoms with van der Waals surface area (Å²) >= 11 is 1.05. The molecule has 0 spiro atoms. The molecule has 9 heteroatoms. The monoisotopic (exact) mass is 378 g/mol. The Morgan fingerprint density at radius 1 is 1.27 bits per heavy atom. The van der Waals surface area contributed by atoms with Crippen LogP contribution in [0.15, 0.2) is 10.9 Å². The van der Waals surface area contributed by atoms with Crippen LogP contribution in [-0.4, -0.2) is 33.0 Å². The summed E-state index contributed by atoms with van der Waals surface area (Å²) in [4.78, 5) is 44.6. The Kier molecular flexibility index (Phi) is 6.25. The zero-order valence-electron chi connectivity index (χ0n) is 15.5. The Hall–Kier alpha value is -2.55. The van der Waals surface area contributed by atoms with E-state index >= 15 is 0 Å². The average molecular weight is 378 g/mol. The van der Waals surface area contributed by atoms with Gasteiger partial charge in [-0.2, -0.15) is 4.98 Å². The summed E-state index contributed by atoms with van der Waals surface area (Å²) in [6, 6.07) is 1.73. The number of carbonyl (C=O) groups is 2. The van der Waals surface area contributed by atoms with Crippen LogP contribution < -0.4 is 11.0 Å². The maximum Gasteiger partial charge on any atom is 0.350 e. The number of esters is 1. The molecule has 2 aromatic rings. The highest BCUT2D eigenvalue weighted by Gasteiger charge is 2.18. The van der Waals surface area contributed by atoms with E-state index in [0.29, 0.717) is 28.6 Å². The molecule has 2 heterocycles. The van der Waals surface area contributed by atoms with E-state index in [-0.39, 0.29) is 17.6 Å². The lowest BCUT2D eigenvalue weighted by molar-refractivity contribution is -0.116. The predicted octanol–water partition coefficient (Wildman–Crippen LogP) is 2.08. The molecule has 0 saturated carbocycles. The van der Waals surface area contributed by atoms with Gasteiger partial charge in [0.1, 0.15) is 11.4 Å². The molecule has 0 saturated heterocycles. The van der Waals surface area contributed by atoms with Crippen LogP contribution in [0.2, 0.25) is 0 Å². The number of nitrogens with zero attached hydrogens (tertiary/aromatic N) is 3. The molecule has 0 unspecified atom stereocenters. The van der Waals surface area contributed by atoms with Crippen molar-refractivity contribution in [3.05, 3.63) is 38.5 Å². The number of thiazole rings is 1. The lowest BCUT2D eigenvalue weighted by atomic mass is 10.2. The average Bonchev–Trinajstić information content (AvgIpc) is 2.88. The van der Waals surface area contributed by atoms with Gasteiger partial charge in [-0.1, -0.05) is 25.2 Å². The molecular weight excluding hydrogens is 356 g/mol. The second-order valence-corrected chi connectivity index (χ2v) is 7.38. The lowest BCUT2D eigenvalue weighted by Gasteiger charge is -2.08. The largest absolute Gasteiger partial charge is 0.461 e. The van der Waals surface area contributed by atoms with Gasteiger partial charge in [0.15, 0.2) is 5.13 Å². The van der Waals surface area contributed by atoms with Crippen molar-refractivity contribution in [2.75, 3.05) is 11.9 Å². The van der Waals surface area contributed by atoms with Crippen LogP contribution in [0.5, 0.6) is 0 Å². The second-order valence-electron chi connectivity index (χ2n) is 6.38. The summed E-state index contributed by atoms with van der Waals surface area (Å²) in [5.41, 5.74) is 1.26. The van der Waals surface area contributed by atoms with E-state index in [2.05, 4.69) is 15.3 Å². The molecule has 0 radical (unpaired) electrons. The zero-order valence-corrected chi connectivity index (χ0v) is 16.3. The molecule has 1 amide bonds. The molecule has 0 aliphatic rings. The van der Waals surface area contributed by atoms with Crippen LogP contribution in [0.3, 0.4) is 0 Å². The minimum atomic E-state index is -0.481. The number of nitrogens with one attached hydrogen (secondary N) is 1. The minimum Gasteiger partial charge on any atom is -0.461 e. The number of hydrogen-bond donors (Lipinski definition) is 1. The standard InChI is InChI=1S/C17H22N4O4S/c1-9(2)8-25-15(23)14-12(5)19-16(26-14)20-13(22)7-21-11(4)6-10(3)18-17(21)24/h6,9H,7-8H2,1-5H3,(H,19,20,22). The second kappa shape index (κ2) is 8.22. The molecule has 26 heavy (non-hydrogen) atoms. The van der Waals surface area contributed by atoms with Crippen molar-refractivity contribution in [3.63, 3.8) is 0 Å². The third-order valence-corrected chi connectivity index (χ3v) is 4.48. The third-order valence-electron chi connectivity index (χ3n) is 3.42. The number of anilines is 1.